The number of alkyl halides is 1. The third kappa shape index (κ3) is 3.24. The molecule has 0 fully saturated rings. The van der Waals surface area contributed by atoms with Gasteiger partial charge in [0.2, 0.25) is 0 Å². The standard InChI is InChI=1S/C5H12ClNO/c1-5(7(2)3)8-4-6/h5H,4H2,1-3H3. The zero-order chi connectivity index (χ0) is 6.57. The highest BCUT2D eigenvalue weighted by Crippen LogP contribution is 1.93. The maximum absolute atomic E-state index is 5.29. The van der Waals surface area contributed by atoms with Crippen molar-refractivity contribution in [3.05, 3.63) is 0 Å². The fourth-order valence-corrected chi connectivity index (χ4v) is 0.423. The van der Waals surface area contributed by atoms with Gasteiger partial charge in [-0.05, 0) is 21.0 Å². The Kier molecular flexibility index (Phi) is 4.23. The lowest BCUT2D eigenvalue weighted by Crippen LogP contribution is -2.26. The summed E-state index contributed by atoms with van der Waals surface area (Å²) in [6, 6.07) is 0.263. The molecule has 0 heterocycles. The van der Waals surface area contributed by atoms with Gasteiger partial charge in [0.1, 0.15) is 12.3 Å². The predicted octanol–water partition coefficient (Wildman–Crippen LogP) is 1.11. The number of rotatable bonds is 3. The minimum Gasteiger partial charge on any atom is -0.348 e. The molecule has 0 aromatic heterocycles. The topological polar surface area (TPSA) is 12.5 Å². The van der Waals surface area contributed by atoms with Crippen LogP contribution in [0.15, 0.2) is 0 Å². The summed E-state index contributed by atoms with van der Waals surface area (Å²) >= 11 is 5.29. The third-order valence-electron chi connectivity index (χ3n) is 1.03. The molecule has 50 valence electrons. The molecule has 0 aromatic carbocycles. The summed E-state index contributed by atoms with van der Waals surface area (Å²) in [5, 5.41) is 0. The predicted molar refractivity (Wildman–Crippen MR) is 35.0 cm³/mol. The molecule has 0 aliphatic rings. The van der Waals surface area contributed by atoms with E-state index in [0.717, 1.165) is 0 Å². The minimum atomic E-state index is 0.118. The Morgan fingerprint density at radius 3 is 2.25 bits per heavy atom. The van der Waals surface area contributed by atoms with Gasteiger partial charge in [-0.3, -0.25) is 4.90 Å². The van der Waals surface area contributed by atoms with Crippen LogP contribution in [-0.2, 0) is 4.74 Å². The molecule has 0 amide bonds. The summed E-state index contributed by atoms with van der Waals surface area (Å²) in [5.74, 6) is 0. The Morgan fingerprint density at radius 2 is 2.12 bits per heavy atom. The van der Waals surface area contributed by atoms with Gasteiger partial charge >= 0.3 is 0 Å². The van der Waals surface area contributed by atoms with E-state index in [4.69, 9.17) is 16.3 Å². The second-order valence-corrected chi connectivity index (χ2v) is 2.06. The lowest BCUT2D eigenvalue weighted by atomic mass is 10.6. The fourth-order valence-electron chi connectivity index (χ4n) is 0.240. The Hall–Kier alpha value is 0.210. The largest absolute Gasteiger partial charge is 0.348 e. The van der Waals surface area contributed by atoms with Gasteiger partial charge in [0.25, 0.3) is 0 Å². The molecule has 0 saturated heterocycles. The maximum Gasteiger partial charge on any atom is 0.122 e. The van der Waals surface area contributed by atoms with Gasteiger partial charge in [-0.25, -0.2) is 0 Å². The molecule has 0 spiro atoms. The highest BCUT2D eigenvalue weighted by atomic mass is 35.5. The molecular weight excluding hydrogens is 126 g/mol. The number of hydrogen-bond acceptors (Lipinski definition) is 2. The van der Waals surface area contributed by atoms with Gasteiger partial charge in [0.05, 0.1) is 0 Å². The van der Waals surface area contributed by atoms with Crippen molar-refractivity contribution in [1.82, 2.24) is 4.90 Å². The summed E-state index contributed by atoms with van der Waals surface area (Å²) in [5.41, 5.74) is 0. The van der Waals surface area contributed by atoms with E-state index in [-0.39, 0.29) is 12.3 Å². The van der Waals surface area contributed by atoms with Crippen LogP contribution >= 0.6 is 11.6 Å². The highest BCUT2D eigenvalue weighted by molar-refractivity contribution is 6.17. The second kappa shape index (κ2) is 4.13. The van der Waals surface area contributed by atoms with E-state index in [0.29, 0.717) is 0 Å². The summed E-state index contributed by atoms with van der Waals surface area (Å²) in [4.78, 5) is 1.95. The number of nitrogens with zero attached hydrogens (tertiary/aromatic N) is 1. The summed E-state index contributed by atoms with van der Waals surface area (Å²) < 4.78 is 4.99. The summed E-state index contributed by atoms with van der Waals surface area (Å²) in [6.45, 7) is 1.95. The molecule has 1 atom stereocenters. The molecule has 0 rings (SSSR count). The van der Waals surface area contributed by atoms with Gasteiger partial charge in [0, 0.05) is 0 Å². The lowest BCUT2D eigenvalue weighted by Gasteiger charge is -2.17. The molecule has 0 aliphatic heterocycles. The Bertz CT molecular complexity index is 58.4. The van der Waals surface area contributed by atoms with E-state index in [2.05, 4.69) is 0 Å². The van der Waals surface area contributed by atoms with Gasteiger partial charge in [-0.15, -0.1) is 0 Å². The van der Waals surface area contributed by atoms with E-state index >= 15 is 0 Å². The first-order valence-corrected chi connectivity index (χ1v) is 3.06. The number of ether oxygens (including phenoxy) is 1. The van der Waals surface area contributed by atoms with E-state index < -0.39 is 0 Å². The summed E-state index contributed by atoms with van der Waals surface area (Å²) in [6.07, 6.45) is 0.118. The number of halogens is 1. The van der Waals surface area contributed by atoms with Crippen LogP contribution in [0.3, 0.4) is 0 Å². The Labute approximate surface area is 55.4 Å². The quantitative estimate of drug-likeness (QED) is 0.427. The van der Waals surface area contributed by atoms with Crippen molar-refractivity contribution in [2.24, 2.45) is 0 Å². The maximum atomic E-state index is 5.29. The minimum absolute atomic E-state index is 0.118. The van der Waals surface area contributed by atoms with Crippen molar-refractivity contribution >= 4 is 11.6 Å². The molecule has 0 N–H and O–H groups in total. The van der Waals surface area contributed by atoms with Gasteiger partial charge in [-0.1, -0.05) is 11.6 Å². The lowest BCUT2D eigenvalue weighted by molar-refractivity contribution is 0.000781. The van der Waals surface area contributed by atoms with Crippen LogP contribution in [0.1, 0.15) is 6.92 Å². The molecule has 0 aliphatic carbocycles. The molecule has 0 aromatic rings. The third-order valence-corrected chi connectivity index (χ3v) is 1.16. The van der Waals surface area contributed by atoms with Crippen molar-refractivity contribution < 1.29 is 4.74 Å². The SMILES string of the molecule is CC(OCCl)N(C)C. The zero-order valence-electron chi connectivity index (χ0n) is 5.52. The smallest absolute Gasteiger partial charge is 0.122 e. The molecular formula is C5H12ClNO. The van der Waals surface area contributed by atoms with Crippen LogP contribution in [0, 0.1) is 0 Å². The second-order valence-electron chi connectivity index (χ2n) is 1.84. The van der Waals surface area contributed by atoms with Gasteiger partial charge in [-0.2, -0.15) is 0 Å². The molecule has 3 heteroatoms. The van der Waals surface area contributed by atoms with Crippen LogP contribution < -0.4 is 0 Å². The van der Waals surface area contributed by atoms with Gasteiger partial charge in [0.15, 0.2) is 0 Å². The van der Waals surface area contributed by atoms with E-state index in [1.807, 2.05) is 25.9 Å². The first-order chi connectivity index (χ1) is 3.68. The monoisotopic (exact) mass is 137 g/mol. The average Bonchev–Trinajstić information content (AvgIpc) is 1.67. The first kappa shape index (κ1) is 8.21. The number of hydrogen-bond donors (Lipinski definition) is 0. The van der Waals surface area contributed by atoms with E-state index in [9.17, 15) is 0 Å². The first-order valence-electron chi connectivity index (χ1n) is 2.52. The van der Waals surface area contributed by atoms with Crippen LogP contribution in [-0.4, -0.2) is 31.3 Å². The molecule has 1 unspecified atom stereocenters. The van der Waals surface area contributed by atoms with Crippen molar-refractivity contribution in [3.63, 3.8) is 0 Å². The molecule has 0 radical (unpaired) electrons. The normalized spacial score (nSPS) is 14.6. The van der Waals surface area contributed by atoms with E-state index in [1.165, 1.54) is 0 Å². The van der Waals surface area contributed by atoms with Crippen molar-refractivity contribution in [3.8, 4) is 0 Å². The molecule has 8 heavy (non-hydrogen) atoms. The molecule has 0 bridgehead atoms. The summed E-state index contributed by atoms with van der Waals surface area (Å²) in [7, 11) is 3.88. The van der Waals surface area contributed by atoms with E-state index in [1.54, 1.807) is 0 Å². The van der Waals surface area contributed by atoms with Crippen molar-refractivity contribution in [2.75, 3.05) is 20.2 Å². The molecule has 0 saturated carbocycles. The van der Waals surface area contributed by atoms with Crippen LogP contribution in [0.4, 0.5) is 0 Å². The Balaban J connectivity index is 3.17. The fraction of sp³-hybridized carbons (Fsp3) is 1.00. The molecule has 2 nitrogen and oxygen atoms in total. The van der Waals surface area contributed by atoms with Crippen molar-refractivity contribution in [2.45, 2.75) is 13.2 Å². The highest BCUT2D eigenvalue weighted by Gasteiger charge is 2.00. The zero-order valence-corrected chi connectivity index (χ0v) is 6.27. The van der Waals surface area contributed by atoms with Crippen LogP contribution in [0.25, 0.3) is 0 Å². The average molecular weight is 138 g/mol. The van der Waals surface area contributed by atoms with Gasteiger partial charge < -0.3 is 4.74 Å². The van der Waals surface area contributed by atoms with Crippen LogP contribution in [0.5, 0.6) is 0 Å². The Morgan fingerprint density at radius 1 is 1.62 bits per heavy atom. The van der Waals surface area contributed by atoms with Crippen molar-refractivity contribution in [1.29, 1.82) is 0 Å². The van der Waals surface area contributed by atoms with Crippen LogP contribution in [0.2, 0.25) is 0 Å².